The average Bonchev–Trinajstić information content (AvgIpc) is 2.99. The number of benzene rings is 1. The Labute approximate surface area is 150 Å². The monoisotopic (exact) mass is 367 g/mol. The summed E-state index contributed by atoms with van der Waals surface area (Å²) in [6, 6.07) is 7.27. The van der Waals surface area contributed by atoms with Crippen LogP contribution in [0.3, 0.4) is 0 Å². The van der Waals surface area contributed by atoms with Crippen LogP contribution in [0.5, 0.6) is 0 Å². The van der Waals surface area contributed by atoms with Crippen molar-refractivity contribution >= 4 is 17.7 Å². The van der Waals surface area contributed by atoms with Crippen molar-refractivity contribution in [3.63, 3.8) is 0 Å². The van der Waals surface area contributed by atoms with Crippen LogP contribution in [0.4, 0.5) is 4.79 Å². The van der Waals surface area contributed by atoms with Gasteiger partial charge < -0.3 is 10.4 Å². The first kappa shape index (κ1) is 19.1. The van der Waals surface area contributed by atoms with E-state index in [0.29, 0.717) is 0 Å². The number of nitrogens with one attached hydrogen (secondary N) is 1. The first-order chi connectivity index (χ1) is 12.0. The number of hydrogen-bond acceptors (Lipinski definition) is 5. The van der Waals surface area contributed by atoms with Crippen molar-refractivity contribution in [3.8, 4) is 5.69 Å². The Balaban J connectivity index is 0.000000212. The maximum absolute atomic E-state index is 11.5. The van der Waals surface area contributed by atoms with Gasteiger partial charge in [-0.25, -0.2) is 9.59 Å². The Bertz CT molecular complexity index is 749. The summed E-state index contributed by atoms with van der Waals surface area (Å²) in [5, 5.41) is 19.0. The molecule has 136 valence electrons. The fraction of sp³-hybridized carbons (Fsp3) is 0.500. The molecule has 2 aromatic rings. The molecular formula is C16H22ClN5O3. The molecule has 0 atom stereocenters. The number of nitrogens with zero attached hydrogens (tertiary/aromatic N) is 4. The zero-order valence-corrected chi connectivity index (χ0v) is 14.8. The predicted octanol–water partition coefficient (Wildman–Crippen LogP) is 2.54. The molecule has 0 spiro atoms. The third-order valence-corrected chi connectivity index (χ3v) is 4.26. The normalized spacial score (nSPS) is 14.6. The van der Waals surface area contributed by atoms with E-state index in [1.807, 2.05) is 0 Å². The minimum atomic E-state index is -1.50. The molecular weight excluding hydrogens is 346 g/mol. The second kappa shape index (κ2) is 9.33. The predicted molar refractivity (Wildman–Crippen MR) is 94.6 cm³/mol. The van der Waals surface area contributed by atoms with E-state index in [9.17, 15) is 9.59 Å². The van der Waals surface area contributed by atoms with E-state index in [1.54, 1.807) is 18.2 Å². The van der Waals surface area contributed by atoms with Crippen LogP contribution in [0.25, 0.3) is 5.69 Å². The van der Waals surface area contributed by atoms with Crippen LogP contribution in [0.1, 0.15) is 39.0 Å². The highest BCUT2D eigenvalue weighted by Crippen LogP contribution is 2.17. The maximum Gasteiger partial charge on any atom is 0.438 e. The van der Waals surface area contributed by atoms with Gasteiger partial charge in [0.05, 0.1) is 10.7 Å². The fourth-order valence-corrected chi connectivity index (χ4v) is 2.95. The largest absolute Gasteiger partial charge is 0.463 e. The summed E-state index contributed by atoms with van der Waals surface area (Å²) >= 11 is 5.84. The number of aromatic nitrogens is 4. The standard InChI is InChI=1S/C8H5ClN4O3.C8H17N/c9-5-3-1-2-4-6(5)12-7(14)13(8(15)16)11-10-12;1-2-9-8-6-4-3-5-7-8/h1-4H,(H,15,16);8-9H,2-7H2,1H3. The molecule has 1 aromatic carbocycles. The van der Waals surface area contributed by atoms with Crippen molar-refractivity contribution in [2.24, 2.45) is 0 Å². The second-order valence-electron chi connectivity index (χ2n) is 5.71. The van der Waals surface area contributed by atoms with Gasteiger partial charge in [0.25, 0.3) is 0 Å². The Hall–Kier alpha value is -2.19. The number of halogens is 1. The minimum absolute atomic E-state index is 0.226. The van der Waals surface area contributed by atoms with E-state index >= 15 is 0 Å². The van der Waals surface area contributed by atoms with Gasteiger partial charge >= 0.3 is 11.8 Å². The van der Waals surface area contributed by atoms with Crippen LogP contribution in [-0.4, -0.2) is 43.6 Å². The Morgan fingerprint density at radius 2 is 1.96 bits per heavy atom. The third-order valence-electron chi connectivity index (χ3n) is 3.94. The van der Waals surface area contributed by atoms with Gasteiger partial charge in [-0.15, -0.1) is 0 Å². The molecule has 2 N–H and O–H groups in total. The number of rotatable bonds is 3. The Morgan fingerprint density at radius 3 is 2.52 bits per heavy atom. The summed E-state index contributed by atoms with van der Waals surface area (Å²) in [5.74, 6) is 0. The van der Waals surface area contributed by atoms with Gasteiger partial charge in [-0.1, -0.05) is 54.6 Å². The number of carboxylic acid groups (broad SMARTS) is 1. The lowest BCUT2D eigenvalue weighted by Gasteiger charge is -2.21. The number of tetrazole rings is 1. The molecule has 25 heavy (non-hydrogen) atoms. The number of carbonyl (C=O) groups is 1. The highest BCUT2D eigenvalue weighted by molar-refractivity contribution is 6.32. The summed E-state index contributed by atoms with van der Waals surface area (Å²) in [4.78, 5) is 22.1. The van der Waals surface area contributed by atoms with Gasteiger partial charge in [0.15, 0.2) is 0 Å². The number of hydrogen-bond donors (Lipinski definition) is 2. The molecule has 0 radical (unpaired) electrons. The molecule has 9 heteroatoms. The van der Waals surface area contributed by atoms with Crippen molar-refractivity contribution in [2.45, 2.75) is 45.1 Å². The van der Waals surface area contributed by atoms with E-state index < -0.39 is 11.8 Å². The Kier molecular flexibility index (Phi) is 7.15. The molecule has 1 heterocycles. The van der Waals surface area contributed by atoms with E-state index in [1.165, 1.54) is 38.2 Å². The average molecular weight is 368 g/mol. The van der Waals surface area contributed by atoms with Crippen molar-refractivity contribution in [1.82, 2.24) is 25.1 Å². The van der Waals surface area contributed by atoms with Crippen LogP contribution in [-0.2, 0) is 0 Å². The van der Waals surface area contributed by atoms with Crippen LogP contribution in [0, 0.1) is 0 Å². The van der Waals surface area contributed by atoms with Crippen LogP contribution < -0.4 is 11.0 Å². The van der Waals surface area contributed by atoms with Gasteiger partial charge in [0, 0.05) is 6.04 Å². The molecule has 1 fully saturated rings. The summed E-state index contributed by atoms with van der Waals surface area (Å²) in [6.45, 7) is 3.33. The van der Waals surface area contributed by atoms with E-state index in [0.717, 1.165) is 17.3 Å². The quantitative estimate of drug-likeness (QED) is 0.808. The van der Waals surface area contributed by atoms with E-state index in [-0.39, 0.29) is 15.4 Å². The fourth-order valence-electron chi connectivity index (χ4n) is 2.74. The molecule has 3 rings (SSSR count). The van der Waals surface area contributed by atoms with Gasteiger partial charge in [0.2, 0.25) is 0 Å². The Morgan fingerprint density at radius 1 is 1.28 bits per heavy atom. The molecule has 0 unspecified atom stereocenters. The zero-order chi connectivity index (χ0) is 18.2. The molecule has 1 aliphatic rings. The van der Waals surface area contributed by atoms with Crippen molar-refractivity contribution in [2.75, 3.05) is 6.54 Å². The smallest absolute Gasteiger partial charge is 0.438 e. The maximum atomic E-state index is 11.5. The minimum Gasteiger partial charge on any atom is -0.463 e. The topological polar surface area (TPSA) is 102 Å². The molecule has 0 saturated heterocycles. The summed E-state index contributed by atoms with van der Waals surface area (Å²) in [7, 11) is 0. The molecule has 0 aliphatic heterocycles. The SMILES string of the molecule is CCNC1CCCCC1.O=C(O)n1nnn(-c2ccccc2Cl)c1=O. The molecule has 0 bridgehead atoms. The first-order valence-electron chi connectivity index (χ1n) is 8.31. The molecule has 1 aromatic heterocycles. The van der Waals surface area contributed by atoms with Crippen LogP contribution in [0.2, 0.25) is 5.02 Å². The lowest BCUT2D eigenvalue weighted by molar-refractivity contribution is 0.191. The van der Waals surface area contributed by atoms with Crippen LogP contribution >= 0.6 is 11.6 Å². The lowest BCUT2D eigenvalue weighted by Crippen LogP contribution is -2.30. The summed E-state index contributed by atoms with van der Waals surface area (Å²) in [6.07, 6.45) is 5.67. The highest BCUT2D eigenvalue weighted by atomic mass is 35.5. The van der Waals surface area contributed by atoms with Crippen molar-refractivity contribution < 1.29 is 9.90 Å². The zero-order valence-electron chi connectivity index (χ0n) is 14.1. The van der Waals surface area contributed by atoms with Crippen molar-refractivity contribution in [1.29, 1.82) is 0 Å². The van der Waals surface area contributed by atoms with Gasteiger partial charge in [-0.2, -0.15) is 4.68 Å². The van der Waals surface area contributed by atoms with Gasteiger partial charge in [0.1, 0.15) is 0 Å². The van der Waals surface area contributed by atoms with E-state index in [2.05, 4.69) is 22.7 Å². The molecule has 1 saturated carbocycles. The molecule has 0 amide bonds. The van der Waals surface area contributed by atoms with Gasteiger partial charge in [-0.3, -0.25) is 0 Å². The van der Waals surface area contributed by atoms with Crippen molar-refractivity contribution in [3.05, 3.63) is 39.8 Å². The highest BCUT2D eigenvalue weighted by Gasteiger charge is 2.15. The van der Waals surface area contributed by atoms with E-state index in [4.69, 9.17) is 16.7 Å². The first-order valence-corrected chi connectivity index (χ1v) is 8.69. The second-order valence-corrected chi connectivity index (χ2v) is 6.12. The lowest BCUT2D eigenvalue weighted by atomic mass is 9.96. The summed E-state index contributed by atoms with van der Waals surface area (Å²) < 4.78 is 1.04. The van der Waals surface area contributed by atoms with Gasteiger partial charge in [-0.05, 0) is 41.9 Å². The summed E-state index contributed by atoms with van der Waals surface area (Å²) in [5.41, 5.74) is -0.609. The third kappa shape index (κ3) is 5.14. The molecule has 1 aliphatic carbocycles. The molecule has 8 nitrogen and oxygen atoms in total. The van der Waals surface area contributed by atoms with Crippen LogP contribution in [0.15, 0.2) is 29.1 Å². The number of para-hydroxylation sites is 1.